The standard InChI is InChI=1S/C23H34O3/c1-4-5-8-17(2)22(24)14-13-19-11-12-20-15-18(16-21(19)20)9-6-7-10-23(25)26-3/h9,13-14,17,19-22,24H,6-8,10-12,15-16H2,1-3H3/b14-13+,18-9?/t17?,19?,20-,21-,22-/m1/s1. The number of carbonyl (C=O) groups is 1. The van der Waals surface area contributed by atoms with Crippen LogP contribution in [-0.2, 0) is 9.53 Å². The molecule has 0 radical (unpaired) electrons. The number of unbranched alkanes of at least 4 members (excludes halogenated alkanes) is 1. The minimum absolute atomic E-state index is 0.116. The number of fused-ring (bicyclic) bond motifs is 1. The van der Waals surface area contributed by atoms with E-state index >= 15 is 0 Å². The van der Waals surface area contributed by atoms with Crippen LogP contribution in [0.15, 0.2) is 23.8 Å². The molecular formula is C23H34O3. The number of methoxy groups -OCH3 is 1. The first kappa shape index (κ1) is 20.8. The Hall–Kier alpha value is -1.53. The lowest BCUT2D eigenvalue weighted by molar-refractivity contribution is -0.140. The number of aliphatic hydroxyl groups is 1. The van der Waals surface area contributed by atoms with Crippen LogP contribution in [0.1, 0.15) is 65.2 Å². The predicted molar refractivity (Wildman–Crippen MR) is 105 cm³/mol. The highest BCUT2D eigenvalue weighted by Crippen LogP contribution is 2.50. The fourth-order valence-electron chi connectivity index (χ4n) is 4.37. The molecule has 26 heavy (non-hydrogen) atoms. The molecule has 0 spiro atoms. The summed E-state index contributed by atoms with van der Waals surface area (Å²) in [6, 6.07) is 0. The van der Waals surface area contributed by atoms with Crippen LogP contribution < -0.4 is 0 Å². The maximum absolute atomic E-state index is 11.2. The molecule has 0 aliphatic heterocycles. The highest BCUT2D eigenvalue weighted by atomic mass is 16.5. The van der Waals surface area contributed by atoms with Crippen LogP contribution in [0.4, 0.5) is 0 Å². The fourth-order valence-corrected chi connectivity index (χ4v) is 4.37. The molecule has 2 aliphatic rings. The lowest BCUT2D eigenvalue weighted by Gasteiger charge is -2.17. The molecule has 2 fully saturated rings. The molecule has 1 N–H and O–H groups in total. The third-order valence-corrected chi connectivity index (χ3v) is 6.03. The topological polar surface area (TPSA) is 46.5 Å². The first-order valence-electron chi connectivity index (χ1n) is 10.1. The molecule has 2 unspecified atom stereocenters. The first-order valence-corrected chi connectivity index (χ1v) is 10.1. The van der Waals surface area contributed by atoms with Gasteiger partial charge in [0.25, 0.3) is 0 Å². The lowest BCUT2D eigenvalue weighted by atomic mass is 9.90. The molecule has 0 aromatic heterocycles. The van der Waals surface area contributed by atoms with E-state index in [1.807, 2.05) is 13.0 Å². The normalized spacial score (nSPS) is 28.6. The van der Waals surface area contributed by atoms with Crippen molar-refractivity contribution in [3.63, 3.8) is 0 Å². The molecule has 2 rings (SSSR count). The molecule has 0 saturated heterocycles. The van der Waals surface area contributed by atoms with Crippen molar-refractivity contribution in [1.29, 1.82) is 0 Å². The second-order valence-corrected chi connectivity index (χ2v) is 7.89. The Morgan fingerprint density at radius 3 is 2.92 bits per heavy atom. The molecule has 0 heterocycles. The Morgan fingerprint density at radius 1 is 1.38 bits per heavy atom. The molecule has 5 atom stereocenters. The first-order chi connectivity index (χ1) is 12.5. The Morgan fingerprint density at radius 2 is 2.19 bits per heavy atom. The molecular weight excluding hydrogens is 324 g/mol. The highest BCUT2D eigenvalue weighted by molar-refractivity contribution is 5.69. The summed E-state index contributed by atoms with van der Waals surface area (Å²) in [5.41, 5.74) is 1.56. The number of esters is 1. The maximum Gasteiger partial charge on any atom is 0.305 e. The molecule has 0 aromatic rings. The second kappa shape index (κ2) is 10.6. The van der Waals surface area contributed by atoms with Crippen molar-refractivity contribution in [1.82, 2.24) is 0 Å². The summed E-state index contributed by atoms with van der Waals surface area (Å²) < 4.78 is 4.69. The van der Waals surface area contributed by atoms with E-state index in [2.05, 4.69) is 35.7 Å². The van der Waals surface area contributed by atoms with Gasteiger partial charge in [0.05, 0.1) is 13.2 Å². The number of hydrogen-bond acceptors (Lipinski definition) is 3. The average Bonchev–Trinajstić information content (AvgIpc) is 3.21. The third-order valence-electron chi connectivity index (χ3n) is 6.03. The summed E-state index contributed by atoms with van der Waals surface area (Å²) in [6.07, 6.45) is 14.3. The van der Waals surface area contributed by atoms with E-state index in [9.17, 15) is 9.90 Å². The molecule has 3 nitrogen and oxygen atoms in total. The van der Waals surface area contributed by atoms with Crippen molar-refractivity contribution in [3.05, 3.63) is 23.8 Å². The zero-order chi connectivity index (χ0) is 18.9. The summed E-state index contributed by atoms with van der Waals surface area (Å²) in [5, 5.41) is 10.3. The molecule has 0 bridgehead atoms. The van der Waals surface area contributed by atoms with Crippen LogP contribution >= 0.6 is 0 Å². The summed E-state index contributed by atoms with van der Waals surface area (Å²) in [5.74, 6) is 8.15. The maximum atomic E-state index is 11.2. The lowest BCUT2D eigenvalue weighted by Crippen LogP contribution is -2.15. The number of ether oxygens (including phenoxy) is 1. The largest absolute Gasteiger partial charge is 0.469 e. The molecule has 144 valence electrons. The van der Waals surface area contributed by atoms with Crippen molar-refractivity contribution >= 4 is 5.97 Å². The second-order valence-electron chi connectivity index (χ2n) is 7.89. The average molecular weight is 359 g/mol. The Bertz CT molecular complexity index is 578. The zero-order valence-corrected chi connectivity index (χ0v) is 16.5. The van der Waals surface area contributed by atoms with Crippen molar-refractivity contribution in [3.8, 4) is 11.8 Å². The van der Waals surface area contributed by atoms with E-state index in [0.29, 0.717) is 12.3 Å². The van der Waals surface area contributed by atoms with Gasteiger partial charge in [0.2, 0.25) is 0 Å². The highest BCUT2D eigenvalue weighted by Gasteiger charge is 2.39. The van der Waals surface area contributed by atoms with Gasteiger partial charge in [-0.1, -0.05) is 30.7 Å². The number of rotatable bonds is 8. The van der Waals surface area contributed by atoms with Crippen molar-refractivity contribution in [2.45, 2.75) is 71.3 Å². The van der Waals surface area contributed by atoms with Crippen LogP contribution in [0.3, 0.4) is 0 Å². The van der Waals surface area contributed by atoms with Gasteiger partial charge in [-0.15, -0.1) is 11.8 Å². The van der Waals surface area contributed by atoms with Crippen molar-refractivity contribution in [2.24, 2.45) is 23.7 Å². The number of hydrogen-bond donors (Lipinski definition) is 1. The van der Waals surface area contributed by atoms with E-state index in [1.54, 1.807) is 5.57 Å². The molecule has 2 aliphatic carbocycles. The van der Waals surface area contributed by atoms with Crippen LogP contribution in [0.25, 0.3) is 0 Å². The van der Waals surface area contributed by atoms with E-state index in [1.165, 1.54) is 32.8 Å². The summed E-state index contributed by atoms with van der Waals surface area (Å²) in [4.78, 5) is 11.2. The van der Waals surface area contributed by atoms with Gasteiger partial charge in [0, 0.05) is 12.8 Å². The van der Waals surface area contributed by atoms with Gasteiger partial charge < -0.3 is 9.84 Å². The Labute approximate surface area is 158 Å². The van der Waals surface area contributed by atoms with Crippen LogP contribution in [0.5, 0.6) is 0 Å². The Kier molecular flexibility index (Phi) is 8.45. The van der Waals surface area contributed by atoms with Gasteiger partial charge in [0.15, 0.2) is 0 Å². The number of carbonyl (C=O) groups excluding carboxylic acids is 1. The monoisotopic (exact) mass is 358 g/mol. The van der Waals surface area contributed by atoms with E-state index in [4.69, 9.17) is 0 Å². The van der Waals surface area contributed by atoms with E-state index in [-0.39, 0.29) is 11.9 Å². The fraction of sp³-hybridized carbons (Fsp3) is 0.696. The summed E-state index contributed by atoms with van der Waals surface area (Å²) in [7, 11) is 1.45. The quantitative estimate of drug-likeness (QED) is 0.297. The van der Waals surface area contributed by atoms with Crippen molar-refractivity contribution < 1.29 is 14.6 Å². The van der Waals surface area contributed by atoms with Gasteiger partial charge in [0.1, 0.15) is 0 Å². The molecule has 3 heteroatoms. The van der Waals surface area contributed by atoms with E-state index < -0.39 is 6.10 Å². The van der Waals surface area contributed by atoms with Crippen LogP contribution in [-0.4, -0.2) is 24.3 Å². The van der Waals surface area contributed by atoms with Gasteiger partial charge in [-0.3, -0.25) is 4.79 Å². The number of allylic oxidation sites excluding steroid dienone is 3. The van der Waals surface area contributed by atoms with Crippen molar-refractivity contribution in [2.75, 3.05) is 7.11 Å². The zero-order valence-electron chi connectivity index (χ0n) is 16.5. The predicted octanol–water partition coefficient (Wildman–Crippen LogP) is 4.66. The Balaban J connectivity index is 1.80. The van der Waals surface area contributed by atoms with Crippen LogP contribution in [0, 0.1) is 35.5 Å². The summed E-state index contributed by atoms with van der Waals surface area (Å²) in [6.45, 7) is 3.90. The number of aliphatic hydroxyl groups excluding tert-OH is 1. The van der Waals surface area contributed by atoms with E-state index in [0.717, 1.165) is 31.1 Å². The molecule has 2 saturated carbocycles. The summed E-state index contributed by atoms with van der Waals surface area (Å²) >= 11 is 0. The minimum atomic E-state index is -0.398. The van der Waals surface area contributed by atoms with Gasteiger partial charge >= 0.3 is 5.97 Å². The minimum Gasteiger partial charge on any atom is -0.469 e. The third kappa shape index (κ3) is 6.02. The smallest absolute Gasteiger partial charge is 0.305 e. The van der Waals surface area contributed by atoms with Gasteiger partial charge in [-0.25, -0.2) is 0 Å². The SMILES string of the molecule is CC#CCC(C)[C@H](O)/C=C/C1CC[C@@H]2CC(=CCCCC(=O)OC)C[C@H]12. The van der Waals surface area contributed by atoms with Gasteiger partial charge in [-0.05, 0) is 69.1 Å². The van der Waals surface area contributed by atoms with Gasteiger partial charge in [-0.2, -0.15) is 0 Å². The molecule has 0 amide bonds. The van der Waals surface area contributed by atoms with Crippen LogP contribution in [0.2, 0.25) is 0 Å². The molecule has 0 aromatic carbocycles.